The van der Waals surface area contributed by atoms with Crippen LogP contribution in [0, 0.1) is 6.92 Å². The standard InChI is InChI=1S/C18H28OSi/c1-13-8-9-14-10-11-18(5,16(19)15(14)12-13)20(6,7)17(2,3)4/h8-12,16,19H,1-7H3. The molecule has 0 aromatic heterocycles. The number of rotatable bonds is 1. The molecular weight excluding hydrogens is 260 g/mol. The van der Waals surface area contributed by atoms with E-state index in [9.17, 15) is 5.11 Å². The first-order chi connectivity index (χ1) is 9.00. The third-order valence-electron chi connectivity index (χ3n) is 5.94. The van der Waals surface area contributed by atoms with E-state index < -0.39 is 14.2 Å². The minimum atomic E-state index is -1.71. The van der Waals surface area contributed by atoms with Gasteiger partial charge in [0.1, 0.15) is 0 Å². The zero-order valence-corrected chi connectivity index (χ0v) is 14.9. The summed E-state index contributed by atoms with van der Waals surface area (Å²) in [6, 6.07) is 6.38. The summed E-state index contributed by atoms with van der Waals surface area (Å²) in [6.07, 6.45) is 4.08. The van der Waals surface area contributed by atoms with Crippen LogP contribution in [0.25, 0.3) is 6.08 Å². The molecule has 0 amide bonds. The highest BCUT2D eigenvalue weighted by molar-refractivity contribution is 6.83. The number of aliphatic hydroxyl groups excluding tert-OH is 1. The van der Waals surface area contributed by atoms with Crippen LogP contribution in [0.3, 0.4) is 0 Å². The van der Waals surface area contributed by atoms with Crippen molar-refractivity contribution in [2.75, 3.05) is 0 Å². The minimum Gasteiger partial charge on any atom is -0.388 e. The highest BCUT2D eigenvalue weighted by Crippen LogP contribution is 2.60. The van der Waals surface area contributed by atoms with Crippen molar-refractivity contribution in [3.63, 3.8) is 0 Å². The fraction of sp³-hybridized carbons (Fsp3) is 0.556. The Morgan fingerprint density at radius 1 is 1.20 bits per heavy atom. The van der Waals surface area contributed by atoms with Gasteiger partial charge in [-0.2, -0.15) is 0 Å². The maximum atomic E-state index is 11.1. The van der Waals surface area contributed by atoms with Gasteiger partial charge in [0.25, 0.3) is 0 Å². The van der Waals surface area contributed by atoms with Gasteiger partial charge in [-0.05, 0) is 23.1 Å². The summed E-state index contributed by atoms with van der Waals surface area (Å²) in [5.74, 6) is 0. The lowest BCUT2D eigenvalue weighted by Crippen LogP contribution is -2.51. The van der Waals surface area contributed by atoms with Crippen LogP contribution < -0.4 is 0 Å². The maximum absolute atomic E-state index is 11.1. The smallest absolute Gasteiger partial charge is 0.0860 e. The van der Waals surface area contributed by atoms with Gasteiger partial charge in [-0.15, -0.1) is 0 Å². The first-order valence-corrected chi connectivity index (χ1v) is 10.5. The van der Waals surface area contributed by atoms with Gasteiger partial charge < -0.3 is 5.11 Å². The van der Waals surface area contributed by atoms with E-state index in [1.165, 1.54) is 11.1 Å². The van der Waals surface area contributed by atoms with Gasteiger partial charge >= 0.3 is 0 Å². The van der Waals surface area contributed by atoms with E-state index in [4.69, 9.17) is 0 Å². The molecule has 110 valence electrons. The van der Waals surface area contributed by atoms with Crippen LogP contribution in [0.5, 0.6) is 0 Å². The predicted octanol–water partition coefficient (Wildman–Crippen LogP) is 5.32. The lowest BCUT2D eigenvalue weighted by molar-refractivity contribution is 0.139. The van der Waals surface area contributed by atoms with Gasteiger partial charge in [-0.3, -0.25) is 0 Å². The Balaban J connectivity index is 2.57. The Bertz CT molecular complexity index is 551. The fourth-order valence-electron chi connectivity index (χ4n) is 3.12. The van der Waals surface area contributed by atoms with Gasteiger partial charge in [0, 0.05) is 5.04 Å². The van der Waals surface area contributed by atoms with E-state index in [1.807, 2.05) is 0 Å². The molecule has 20 heavy (non-hydrogen) atoms. The average Bonchev–Trinajstić information content (AvgIpc) is 2.33. The highest BCUT2D eigenvalue weighted by atomic mass is 28.3. The van der Waals surface area contributed by atoms with Gasteiger partial charge in [-0.1, -0.05) is 76.7 Å². The fourth-order valence-corrected chi connectivity index (χ4v) is 6.07. The summed E-state index contributed by atoms with van der Waals surface area (Å²) >= 11 is 0. The first kappa shape index (κ1) is 15.5. The van der Waals surface area contributed by atoms with E-state index in [-0.39, 0.29) is 10.1 Å². The van der Waals surface area contributed by atoms with Crippen LogP contribution in [0.15, 0.2) is 24.3 Å². The molecule has 1 aliphatic carbocycles. The number of hydrogen-bond donors (Lipinski definition) is 1. The van der Waals surface area contributed by atoms with Gasteiger partial charge in [0.05, 0.1) is 14.2 Å². The first-order valence-electron chi connectivity index (χ1n) is 7.48. The Kier molecular flexibility index (Phi) is 3.55. The third kappa shape index (κ3) is 2.10. The van der Waals surface area contributed by atoms with E-state index in [0.29, 0.717) is 0 Å². The summed E-state index contributed by atoms with van der Waals surface area (Å²) in [4.78, 5) is 0. The van der Waals surface area contributed by atoms with Crippen LogP contribution in [0.1, 0.15) is 50.5 Å². The monoisotopic (exact) mass is 288 g/mol. The molecule has 0 bridgehead atoms. The van der Waals surface area contributed by atoms with Crippen molar-refractivity contribution in [1.82, 2.24) is 0 Å². The second-order valence-corrected chi connectivity index (χ2v) is 13.9. The minimum absolute atomic E-state index is 0.133. The van der Waals surface area contributed by atoms with Crippen molar-refractivity contribution in [1.29, 1.82) is 0 Å². The molecule has 1 aromatic rings. The topological polar surface area (TPSA) is 20.2 Å². The molecular formula is C18H28OSi. The van der Waals surface area contributed by atoms with Crippen LogP contribution in [-0.4, -0.2) is 13.2 Å². The second kappa shape index (κ2) is 4.57. The number of aryl methyl sites for hydroxylation is 1. The van der Waals surface area contributed by atoms with Crippen LogP contribution in [-0.2, 0) is 0 Å². The van der Waals surface area contributed by atoms with E-state index in [0.717, 1.165) is 5.56 Å². The summed E-state index contributed by atoms with van der Waals surface area (Å²) in [6.45, 7) is 16.1. The van der Waals surface area contributed by atoms with Crippen molar-refractivity contribution >= 4 is 14.1 Å². The largest absolute Gasteiger partial charge is 0.388 e. The van der Waals surface area contributed by atoms with Crippen LogP contribution >= 0.6 is 0 Å². The third-order valence-corrected chi connectivity index (χ3v) is 12.8. The molecule has 1 N–H and O–H groups in total. The quantitative estimate of drug-likeness (QED) is 0.693. The van der Waals surface area contributed by atoms with Gasteiger partial charge in [0.15, 0.2) is 0 Å². The van der Waals surface area contributed by atoms with Crippen molar-refractivity contribution in [2.24, 2.45) is 0 Å². The van der Waals surface area contributed by atoms with E-state index >= 15 is 0 Å². The highest BCUT2D eigenvalue weighted by Gasteiger charge is 2.53. The summed E-state index contributed by atoms with van der Waals surface area (Å²) < 4.78 is 0. The Morgan fingerprint density at radius 2 is 1.80 bits per heavy atom. The number of hydrogen-bond acceptors (Lipinski definition) is 1. The lowest BCUT2D eigenvalue weighted by atomic mass is 9.86. The molecule has 0 aliphatic heterocycles. The molecule has 1 aliphatic rings. The summed E-state index contributed by atoms with van der Waals surface area (Å²) in [7, 11) is -1.71. The normalized spacial score (nSPS) is 26.5. The molecule has 0 saturated heterocycles. The van der Waals surface area contributed by atoms with Crippen molar-refractivity contribution in [3.8, 4) is 0 Å². The summed E-state index contributed by atoms with van der Waals surface area (Å²) in [5.41, 5.74) is 3.48. The Morgan fingerprint density at radius 3 is 2.35 bits per heavy atom. The van der Waals surface area contributed by atoms with E-state index in [1.54, 1.807) is 0 Å². The number of fused-ring (bicyclic) bond motifs is 1. The van der Waals surface area contributed by atoms with Crippen molar-refractivity contribution < 1.29 is 5.11 Å². The van der Waals surface area contributed by atoms with E-state index in [2.05, 4.69) is 78.1 Å². The molecule has 0 fully saturated rings. The average molecular weight is 289 g/mol. The molecule has 2 atom stereocenters. The molecule has 1 aromatic carbocycles. The number of aliphatic hydroxyl groups is 1. The zero-order valence-electron chi connectivity index (χ0n) is 13.9. The van der Waals surface area contributed by atoms with Gasteiger partial charge in [0.2, 0.25) is 0 Å². The molecule has 0 spiro atoms. The van der Waals surface area contributed by atoms with Gasteiger partial charge in [-0.25, -0.2) is 0 Å². The van der Waals surface area contributed by atoms with Crippen LogP contribution in [0.4, 0.5) is 0 Å². The molecule has 0 saturated carbocycles. The van der Waals surface area contributed by atoms with Crippen LogP contribution in [0.2, 0.25) is 23.2 Å². The summed E-state index contributed by atoms with van der Waals surface area (Å²) in [5, 5.41) is 11.2. The SMILES string of the molecule is Cc1ccc2c(c1)C(O)C(C)([Si](C)(C)C(C)(C)C)C=C2. The van der Waals surface area contributed by atoms with Crippen molar-refractivity contribution in [2.45, 2.75) is 63.9 Å². The second-order valence-electron chi connectivity index (χ2n) is 8.03. The van der Waals surface area contributed by atoms with Crippen molar-refractivity contribution in [3.05, 3.63) is 41.0 Å². The molecule has 2 rings (SSSR count). The molecule has 2 unspecified atom stereocenters. The Labute approximate surface area is 124 Å². The molecule has 2 heteroatoms. The molecule has 0 heterocycles. The molecule has 0 radical (unpaired) electrons. The zero-order chi connectivity index (χ0) is 15.3. The maximum Gasteiger partial charge on any atom is 0.0860 e. The lowest BCUT2D eigenvalue weighted by Gasteiger charge is -2.53. The Hall–Kier alpha value is -0.863. The number of benzene rings is 1. The molecule has 1 nitrogen and oxygen atoms in total. The predicted molar refractivity (Wildman–Crippen MR) is 90.7 cm³/mol.